The van der Waals surface area contributed by atoms with Crippen LogP contribution >= 0.6 is 11.6 Å². The summed E-state index contributed by atoms with van der Waals surface area (Å²) in [5.74, 6) is -0.0287. The fraction of sp³-hybridized carbons (Fsp3) is 0. The number of halogens is 1. The van der Waals surface area contributed by atoms with Crippen molar-refractivity contribution in [3.8, 4) is 22.6 Å². The molecule has 1 amide bonds. The minimum absolute atomic E-state index is 0.291. The molecule has 34 heavy (non-hydrogen) atoms. The van der Waals surface area contributed by atoms with Crippen LogP contribution in [0.3, 0.4) is 0 Å². The number of para-hydroxylation sites is 1. The standard InChI is InChI=1S/C28H19ClN2O3/c29-20-11-9-19(10-12-20)25-18-22-6-4-5-17-31(22)26(25)27(32)28(33)30-21-13-15-24(16-14-21)34-23-7-2-1-3-8-23/h1-18H,(H,30,33). The zero-order valence-electron chi connectivity index (χ0n) is 17.9. The Bertz CT molecular complexity index is 1470. The van der Waals surface area contributed by atoms with E-state index in [4.69, 9.17) is 16.3 Å². The molecule has 5 rings (SSSR count). The highest BCUT2D eigenvalue weighted by molar-refractivity contribution is 6.47. The van der Waals surface area contributed by atoms with Gasteiger partial charge in [0, 0.05) is 28.0 Å². The molecule has 2 aromatic heterocycles. The van der Waals surface area contributed by atoms with Crippen LogP contribution in [-0.4, -0.2) is 16.1 Å². The first-order valence-electron chi connectivity index (χ1n) is 10.6. The maximum absolute atomic E-state index is 13.3. The van der Waals surface area contributed by atoms with Crippen molar-refractivity contribution >= 4 is 34.5 Å². The molecule has 3 aromatic carbocycles. The molecule has 0 aliphatic carbocycles. The van der Waals surface area contributed by atoms with Crippen molar-refractivity contribution in [2.24, 2.45) is 0 Å². The van der Waals surface area contributed by atoms with E-state index in [1.807, 2.05) is 66.7 Å². The Morgan fingerprint density at radius 2 is 1.44 bits per heavy atom. The Kier molecular flexibility index (Phi) is 5.85. The van der Waals surface area contributed by atoms with Gasteiger partial charge in [0.1, 0.15) is 17.2 Å². The van der Waals surface area contributed by atoms with E-state index >= 15 is 0 Å². The SMILES string of the molecule is O=C(Nc1ccc(Oc2ccccc2)cc1)C(=O)c1c(-c2ccc(Cl)cc2)cc2ccccn12. The monoisotopic (exact) mass is 466 g/mol. The van der Waals surface area contributed by atoms with Gasteiger partial charge in [-0.25, -0.2) is 0 Å². The zero-order chi connectivity index (χ0) is 23.5. The van der Waals surface area contributed by atoms with Crippen molar-refractivity contribution in [1.29, 1.82) is 0 Å². The predicted octanol–water partition coefficient (Wildman–Crippen LogP) is 6.87. The maximum atomic E-state index is 13.3. The number of ketones is 1. The molecule has 0 radical (unpaired) electrons. The number of rotatable bonds is 6. The molecule has 6 heteroatoms. The van der Waals surface area contributed by atoms with Crippen molar-refractivity contribution < 1.29 is 14.3 Å². The van der Waals surface area contributed by atoms with Gasteiger partial charge in [-0.3, -0.25) is 9.59 Å². The van der Waals surface area contributed by atoms with Gasteiger partial charge in [0.2, 0.25) is 0 Å². The first kappa shape index (κ1) is 21.5. The summed E-state index contributed by atoms with van der Waals surface area (Å²) in [6.45, 7) is 0. The Morgan fingerprint density at radius 1 is 0.765 bits per heavy atom. The number of nitrogens with zero attached hydrogens (tertiary/aromatic N) is 1. The number of hydrogen-bond acceptors (Lipinski definition) is 3. The van der Waals surface area contributed by atoms with E-state index in [9.17, 15) is 9.59 Å². The largest absolute Gasteiger partial charge is 0.457 e. The van der Waals surface area contributed by atoms with Crippen molar-refractivity contribution in [1.82, 2.24) is 4.40 Å². The second-order valence-corrected chi connectivity index (χ2v) is 8.07. The van der Waals surface area contributed by atoms with E-state index in [2.05, 4.69) is 5.32 Å². The summed E-state index contributed by atoms with van der Waals surface area (Å²) in [7, 11) is 0. The molecule has 0 atom stereocenters. The van der Waals surface area contributed by atoms with Crippen LogP contribution in [0.25, 0.3) is 16.6 Å². The van der Waals surface area contributed by atoms with Crippen LogP contribution in [0.1, 0.15) is 10.5 Å². The summed E-state index contributed by atoms with van der Waals surface area (Å²) in [5.41, 5.74) is 3.06. The minimum atomic E-state index is -0.726. The molecule has 0 saturated heterocycles. The molecule has 0 aliphatic heterocycles. The van der Waals surface area contributed by atoms with Gasteiger partial charge in [-0.2, -0.15) is 0 Å². The average Bonchev–Trinajstić information content (AvgIpc) is 3.25. The minimum Gasteiger partial charge on any atom is -0.457 e. The molecule has 1 N–H and O–H groups in total. The van der Waals surface area contributed by atoms with Gasteiger partial charge in [0.05, 0.1) is 0 Å². The van der Waals surface area contributed by atoms with Crippen LogP contribution in [0.15, 0.2) is 109 Å². The van der Waals surface area contributed by atoms with Gasteiger partial charge >= 0.3 is 0 Å². The van der Waals surface area contributed by atoms with Gasteiger partial charge in [-0.1, -0.05) is 48.0 Å². The summed E-state index contributed by atoms with van der Waals surface area (Å²) in [4.78, 5) is 26.3. The van der Waals surface area contributed by atoms with Gasteiger partial charge in [0.25, 0.3) is 11.7 Å². The van der Waals surface area contributed by atoms with E-state index < -0.39 is 11.7 Å². The lowest BCUT2D eigenvalue weighted by atomic mass is 10.0. The van der Waals surface area contributed by atoms with Crippen LogP contribution in [0, 0.1) is 0 Å². The number of Topliss-reactive ketones (excluding diaryl/α,β-unsaturated/α-hetero) is 1. The van der Waals surface area contributed by atoms with Gasteiger partial charge in [-0.05, 0) is 72.3 Å². The average molecular weight is 467 g/mol. The Morgan fingerprint density at radius 3 is 2.18 bits per heavy atom. The second-order valence-electron chi connectivity index (χ2n) is 7.63. The van der Waals surface area contributed by atoms with Gasteiger partial charge in [0.15, 0.2) is 0 Å². The number of pyridine rings is 1. The van der Waals surface area contributed by atoms with Crippen LogP contribution in [0.2, 0.25) is 5.02 Å². The molecule has 166 valence electrons. The number of anilines is 1. The lowest BCUT2D eigenvalue weighted by Gasteiger charge is -2.09. The fourth-order valence-electron chi connectivity index (χ4n) is 3.73. The molecule has 5 aromatic rings. The molecule has 0 bridgehead atoms. The lowest BCUT2D eigenvalue weighted by Crippen LogP contribution is -2.24. The maximum Gasteiger partial charge on any atom is 0.298 e. The number of amides is 1. The number of hydrogen-bond donors (Lipinski definition) is 1. The topological polar surface area (TPSA) is 59.8 Å². The van der Waals surface area contributed by atoms with Crippen LogP contribution < -0.4 is 10.1 Å². The van der Waals surface area contributed by atoms with Crippen molar-refractivity contribution in [3.05, 3.63) is 120 Å². The van der Waals surface area contributed by atoms with Crippen molar-refractivity contribution in [2.45, 2.75) is 0 Å². The van der Waals surface area contributed by atoms with Crippen molar-refractivity contribution in [2.75, 3.05) is 5.32 Å². The third kappa shape index (κ3) is 4.42. The third-order valence-electron chi connectivity index (χ3n) is 5.35. The molecule has 0 aliphatic rings. The summed E-state index contributed by atoms with van der Waals surface area (Å²) in [6, 6.07) is 30.9. The van der Waals surface area contributed by atoms with E-state index in [0.29, 0.717) is 33.5 Å². The summed E-state index contributed by atoms with van der Waals surface area (Å²) < 4.78 is 7.50. The molecule has 0 unspecified atom stereocenters. The number of fused-ring (bicyclic) bond motifs is 1. The molecule has 0 spiro atoms. The quantitative estimate of drug-likeness (QED) is 0.219. The van der Waals surface area contributed by atoms with Crippen molar-refractivity contribution in [3.63, 3.8) is 0 Å². The van der Waals surface area contributed by atoms with Crippen LogP contribution in [0.4, 0.5) is 5.69 Å². The lowest BCUT2D eigenvalue weighted by molar-refractivity contribution is -0.112. The van der Waals surface area contributed by atoms with Crippen LogP contribution in [-0.2, 0) is 4.79 Å². The Labute approximate surface area is 201 Å². The number of aromatic nitrogens is 1. The number of carbonyl (C=O) groups is 2. The molecule has 5 nitrogen and oxygen atoms in total. The van der Waals surface area contributed by atoms with Crippen LogP contribution in [0.5, 0.6) is 11.5 Å². The van der Waals surface area contributed by atoms with E-state index in [0.717, 1.165) is 11.1 Å². The highest BCUT2D eigenvalue weighted by Gasteiger charge is 2.25. The molecule has 0 fully saturated rings. The van der Waals surface area contributed by atoms with E-state index in [1.165, 1.54) is 0 Å². The Hall–Kier alpha value is -4.35. The fourth-order valence-corrected chi connectivity index (χ4v) is 3.86. The highest BCUT2D eigenvalue weighted by atomic mass is 35.5. The second kappa shape index (κ2) is 9.25. The first-order valence-corrected chi connectivity index (χ1v) is 11.0. The van der Waals surface area contributed by atoms with Gasteiger partial charge in [-0.15, -0.1) is 0 Å². The predicted molar refractivity (Wildman–Crippen MR) is 134 cm³/mol. The molecular formula is C28H19ClN2O3. The third-order valence-corrected chi connectivity index (χ3v) is 5.60. The highest BCUT2D eigenvalue weighted by Crippen LogP contribution is 2.30. The normalized spacial score (nSPS) is 10.7. The summed E-state index contributed by atoms with van der Waals surface area (Å²) >= 11 is 6.03. The number of nitrogens with one attached hydrogen (secondary N) is 1. The van der Waals surface area contributed by atoms with Gasteiger partial charge < -0.3 is 14.5 Å². The number of ether oxygens (including phenoxy) is 1. The zero-order valence-corrected chi connectivity index (χ0v) is 18.7. The van der Waals surface area contributed by atoms with E-state index in [1.54, 1.807) is 47.0 Å². The first-order chi connectivity index (χ1) is 16.6. The van der Waals surface area contributed by atoms with E-state index in [-0.39, 0.29) is 0 Å². The number of benzene rings is 3. The number of carbonyl (C=O) groups excluding carboxylic acids is 2. The molecule has 2 heterocycles. The summed E-state index contributed by atoms with van der Waals surface area (Å²) in [5, 5.41) is 3.29. The smallest absolute Gasteiger partial charge is 0.298 e. The molecule has 0 saturated carbocycles. The Balaban J connectivity index is 1.40. The molecular weight excluding hydrogens is 448 g/mol. The summed E-state index contributed by atoms with van der Waals surface area (Å²) in [6.07, 6.45) is 1.77.